The minimum atomic E-state index is -0.997. The van der Waals surface area contributed by atoms with Gasteiger partial charge in [-0.1, -0.05) is 6.42 Å². The van der Waals surface area contributed by atoms with E-state index in [1.165, 1.54) is 0 Å². The molecule has 0 heterocycles. The van der Waals surface area contributed by atoms with Gasteiger partial charge in [-0.25, -0.2) is 12.1 Å². The van der Waals surface area contributed by atoms with Crippen LogP contribution in [-0.4, -0.2) is 9.71 Å². The zero-order chi connectivity index (χ0) is 13.3. The Morgan fingerprint density at radius 1 is 1.24 bits per heavy atom. The molecule has 7 heteroatoms. The Morgan fingerprint density at radius 3 is 1.82 bits per heavy atom. The van der Waals surface area contributed by atoms with E-state index in [1.807, 2.05) is 30.3 Å². The van der Waals surface area contributed by atoms with Gasteiger partial charge in [0.15, 0.2) is 0 Å². The summed E-state index contributed by atoms with van der Waals surface area (Å²) in [4.78, 5) is 0. The molecular weight excluding hydrogens is 424 g/mol. The molecule has 0 nitrogen and oxygen atoms in total. The fraction of sp³-hybridized carbons (Fsp3) is 0.400. The van der Waals surface area contributed by atoms with Gasteiger partial charge >= 0.3 is 37.9 Å². The van der Waals surface area contributed by atoms with E-state index in [0.717, 1.165) is 12.8 Å². The fourth-order valence-electron chi connectivity index (χ4n) is 1.09. The van der Waals surface area contributed by atoms with Crippen LogP contribution in [0.3, 0.4) is 0 Å². The average Bonchev–Trinajstić information content (AvgIpc) is 2.90. The fourth-order valence-corrected chi connectivity index (χ4v) is 2.04. The molecule has 2 rings (SSSR count). The van der Waals surface area contributed by atoms with E-state index in [-0.39, 0.29) is 5.38 Å². The van der Waals surface area contributed by atoms with Crippen LogP contribution in [-0.2, 0) is 20.8 Å². The van der Waals surface area contributed by atoms with Crippen molar-refractivity contribution in [3.05, 3.63) is 35.7 Å². The first-order valence-electron chi connectivity index (χ1n) is 4.63. The molecule has 0 saturated heterocycles. The molecule has 1 aromatic carbocycles. The van der Waals surface area contributed by atoms with Crippen LogP contribution in [0.1, 0.15) is 12.8 Å². The Bertz CT molecular complexity index is 235. The van der Waals surface area contributed by atoms with Crippen molar-refractivity contribution in [3.63, 3.8) is 0 Å². The van der Waals surface area contributed by atoms with Crippen molar-refractivity contribution >= 4 is 63.4 Å². The minimum absolute atomic E-state index is 0.228. The largest absolute Gasteiger partial charge is 0.214 e. The summed E-state index contributed by atoms with van der Waals surface area (Å²) in [6.45, 7) is 0. The first-order valence-corrected chi connectivity index (χ1v) is 12.5. The summed E-state index contributed by atoms with van der Waals surface area (Å²) < 4.78 is -0.997. The summed E-state index contributed by atoms with van der Waals surface area (Å²) in [6.07, 6.45) is 1.50. The number of hydrogen-bond donors (Lipinski definition) is 0. The molecule has 96 valence electrons. The topological polar surface area (TPSA) is 0 Å². The van der Waals surface area contributed by atoms with Crippen molar-refractivity contribution in [1.82, 2.24) is 0 Å². The van der Waals surface area contributed by atoms with Crippen LogP contribution in [0.2, 0.25) is 0 Å². The molecule has 0 N–H and O–H groups in total. The second-order valence-corrected chi connectivity index (χ2v) is 9.17. The SMILES string of the molecule is Cl[C-]1CCC(Cl)C1(Cl)Cl.[Cl][Zr+2][Cl].c1cc[cH-]c1. The van der Waals surface area contributed by atoms with Crippen LogP contribution >= 0.6 is 63.4 Å². The van der Waals surface area contributed by atoms with E-state index in [2.05, 4.69) is 0 Å². The first kappa shape index (κ1) is 19.0. The predicted octanol–water partition coefficient (Wildman–Crippen LogP) is 6.11. The molecule has 17 heavy (non-hydrogen) atoms. The number of hydrogen-bond acceptors (Lipinski definition) is 0. The van der Waals surface area contributed by atoms with Gasteiger partial charge in [-0.2, -0.15) is 30.0 Å². The van der Waals surface area contributed by atoms with Crippen molar-refractivity contribution in [1.29, 1.82) is 0 Å². The van der Waals surface area contributed by atoms with E-state index in [9.17, 15) is 0 Å². The standard InChI is InChI=1S/C5H5Cl4.C5H5.2ClH.Zr/c6-3-1-2-4(7)5(3,8)9;1-2-4-5-3-1;;;/h3H,1-2H2;1-5H;2*1H;/q2*-1;;;+4/p-2. The molecular formula is C10H10Cl6Zr. The molecule has 0 amide bonds. The van der Waals surface area contributed by atoms with E-state index in [4.69, 9.17) is 63.4 Å². The second-order valence-electron chi connectivity index (χ2n) is 3.07. The van der Waals surface area contributed by atoms with Crippen molar-refractivity contribution in [2.24, 2.45) is 0 Å². The quantitative estimate of drug-likeness (QED) is 0.341. The zero-order valence-corrected chi connectivity index (χ0v) is 15.6. The third-order valence-corrected chi connectivity index (χ3v) is 4.36. The van der Waals surface area contributed by atoms with Gasteiger partial charge in [0.25, 0.3) is 0 Å². The maximum atomic E-state index is 5.73. The van der Waals surface area contributed by atoms with Gasteiger partial charge < -0.3 is 11.6 Å². The van der Waals surface area contributed by atoms with Crippen LogP contribution in [0.15, 0.2) is 30.3 Å². The zero-order valence-electron chi connectivity index (χ0n) is 8.65. The van der Waals surface area contributed by atoms with E-state index < -0.39 is 25.2 Å². The van der Waals surface area contributed by atoms with E-state index in [1.54, 1.807) is 0 Å². The van der Waals surface area contributed by atoms with Gasteiger partial charge in [-0.05, 0) is 0 Å². The Labute approximate surface area is 141 Å². The summed E-state index contributed by atoms with van der Waals surface area (Å²) >= 11 is 22.0. The van der Waals surface area contributed by atoms with Crippen molar-refractivity contribution in [2.75, 3.05) is 0 Å². The van der Waals surface area contributed by atoms with E-state index in [0.29, 0.717) is 5.38 Å². The van der Waals surface area contributed by atoms with Gasteiger partial charge in [-0.15, -0.1) is 34.8 Å². The summed E-state index contributed by atoms with van der Waals surface area (Å²) in [5.41, 5.74) is 0. The average molecular weight is 434 g/mol. The molecule has 1 aliphatic rings. The van der Waals surface area contributed by atoms with E-state index >= 15 is 0 Å². The molecule has 1 saturated carbocycles. The molecule has 1 unspecified atom stereocenters. The number of rotatable bonds is 0. The molecule has 0 radical (unpaired) electrons. The third kappa shape index (κ3) is 7.98. The molecule has 1 aliphatic carbocycles. The van der Waals surface area contributed by atoms with Gasteiger partial charge in [0, 0.05) is 9.71 Å². The minimum Gasteiger partial charge on any atom is -0.214 e. The molecule has 0 aliphatic heterocycles. The monoisotopic (exact) mass is 430 g/mol. The van der Waals surface area contributed by atoms with Crippen LogP contribution in [0.5, 0.6) is 0 Å². The first-order chi connectivity index (χ1) is 7.96. The Hall–Kier alpha value is 1.97. The Balaban J connectivity index is 0.000000270. The van der Waals surface area contributed by atoms with Crippen LogP contribution in [0.25, 0.3) is 0 Å². The summed E-state index contributed by atoms with van der Waals surface area (Å²) in [6, 6.07) is 10.0. The summed E-state index contributed by atoms with van der Waals surface area (Å²) in [5, 5.41) is 0.333. The van der Waals surface area contributed by atoms with Crippen molar-refractivity contribution in [2.45, 2.75) is 22.6 Å². The molecule has 1 fully saturated rings. The number of alkyl halides is 3. The van der Waals surface area contributed by atoms with Gasteiger partial charge in [-0.3, -0.25) is 0 Å². The second kappa shape index (κ2) is 10.7. The molecule has 1 atom stereocenters. The summed E-state index contributed by atoms with van der Waals surface area (Å²) in [7, 11) is 9.87. The maximum absolute atomic E-state index is 5.73. The van der Waals surface area contributed by atoms with Gasteiger partial charge in [0.2, 0.25) is 0 Å². The predicted molar refractivity (Wildman–Crippen MR) is 76.1 cm³/mol. The Kier molecular flexibility index (Phi) is 12.0. The molecule has 0 spiro atoms. The maximum Gasteiger partial charge on any atom is -0.172 e. The van der Waals surface area contributed by atoms with Gasteiger partial charge in [0.1, 0.15) is 0 Å². The summed E-state index contributed by atoms with van der Waals surface area (Å²) in [5.74, 6) is 0. The van der Waals surface area contributed by atoms with Crippen LogP contribution in [0, 0.1) is 5.38 Å². The molecule has 0 bridgehead atoms. The number of halogens is 6. The van der Waals surface area contributed by atoms with Crippen molar-refractivity contribution in [3.8, 4) is 0 Å². The smallest absolute Gasteiger partial charge is 0.172 e. The Morgan fingerprint density at radius 2 is 1.71 bits per heavy atom. The van der Waals surface area contributed by atoms with Gasteiger partial charge in [0.05, 0.1) is 0 Å². The van der Waals surface area contributed by atoms with Crippen molar-refractivity contribution < 1.29 is 20.8 Å². The van der Waals surface area contributed by atoms with Crippen LogP contribution in [0.4, 0.5) is 0 Å². The third-order valence-electron chi connectivity index (χ3n) is 1.93. The normalized spacial score (nSPS) is 21.6. The van der Waals surface area contributed by atoms with Crippen LogP contribution < -0.4 is 0 Å². The molecule has 1 aromatic rings. The molecule has 0 aromatic heterocycles.